The fourth-order valence-electron chi connectivity index (χ4n) is 2.42. The fraction of sp³-hybridized carbons (Fsp3) is 0.389. The van der Waals surface area contributed by atoms with Crippen molar-refractivity contribution in [2.45, 2.75) is 33.4 Å². The molecule has 0 N–H and O–H groups in total. The lowest BCUT2D eigenvalue weighted by atomic mass is 10.2. The highest BCUT2D eigenvalue weighted by atomic mass is 32.1. The van der Waals surface area contributed by atoms with E-state index >= 15 is 0 Å². The fourth-order valence-corrected chi connectivity index (χ4v) is 3.18. The molecule has 1 heterocycles. The van der Waals surface area contributed by atoms with E-state index in [9.17, 15) is 18.8 Å². The summed E-state index contributed by atoms with van der Waals surface area (Å²) in [6.45, 7) is 4.09. The number of aryl methyl sites for hydroxylation is 1. The van der Waals surface area contributed by atoms with Gasteiger partial charge in [-0.15, -0.1) is 0 Å². The maximum atomic E-state index is 13.2. The number of rotatable bonds is 8. The summed E-state index contributed by atoms with van der Waals surface area (Å²) < 4.78 is 19.7. The molecule has 0 unspecified atom stereocenters. The summed E-state index contributed by atoms with van der Waals surface area (Å²) >= 11 is 1.08. The first kappa shape index (κ1) is 19.8. The molecule has 8 heteroatoms. The number of benzene rings is 1. The van der Waals surface area contributed by atoms with Crippen LogP contribution in [0.25, 0.3) is 0 Å². The van der Waals surface area contributed by atoms with E-state index in [2.05, 4.69) is 0 Å². The van der Waals surface area contributed by atoms with Crippen LogP contribution in [0.2, 0.25) is 0 Å². The van der Waals surface area contributed by atoms with Gasteiger partial charge in [0.15, 0.2) is 6.61 Å². The second-order valence-electron chi connectivity index (χ2n) is 5.74. The number of nitrogens with zero attached hydrogens (tertiary/aromatic N) is 2. The van der Waals surface area contributed by atoms with Crippen molar-refractivity contribution in [2.24, 2.45) is 0 Å². The molecule has 6 nitrogen and oxygen atoms in total. The van der Waals surface area contributed by atoms with Gasteiger partial charge in [0.1, 0.15) is 5.82 Å². The summed E-state index contributed by atoms with van der Waals surface area (Å²) in [5.41, 5.74) is 1.45. The summed E-state index contributed by atoms with van der Waals surface area (Å²) in [6.07, 6.45) is 0.0147. The molecule has 0 aliphatic carbocycles. The standard InChI is InChI=1S/C18H21FN2O4S/c1-3-20(10-14-5-4-6-15(19)9-14)16(22)11-25-17(23)7-8-21-13(2)12-26-18(21)24/h4-6,9,12H,3,7-8,10-11H2,1-2H3. The molecule has 0 aliphatic rings. The highest BCUT2D eigenvalue weighted by Gasteiger charge is 2.15. The number of amides is 1. The zero-order valence-electron chi connectivity index (χ0n) is 14.7. The minimum Gasteiger partial charge on any atom is -0.456 e. The molecule has 0 radical (unpaired) electrons. The molecule has 0 saturated carbocycles. The number of halogens is 1. The Morgan fingerprint density at radius 3 is 2.73 bits per heavy atom. The summed E-state index contributed by atoms with van der Waals surface area (Å²) in [5, 5.41) is 1.72. The third kappa shape index (κ3) is 5.52. The number of thiazole rings is 1. The highest BCUT2D eigenvalue weighted by Crippen LogP contribution is 2.08. The minimum atomic E-state index is -0.544. The monoisotopic (exact) mass is 380 g/mol. The van der Waals surface area contributed by atoms with Crippen LogP contribution in [0.3, 0.4) is 0 Å². The van der Waals surface area contributed by atoms with E-state index in [1.807, 2.05) is 0 Å². The van der Waals surface area contributed by atoms with Gasteiger partial charge < -0.3 is 14.2 Å². The summed E-state index contributed by atoms with van der Waals surface area (Å²) in [6, 6.07) is 6.01. The molecule has 0 spiro atoms. The second-order valence-corrected chi connectivity index (χ2v) is 6.56. The predicted octanol–water partition coefficient (Wildman–Crippen LogP) is 2.34. The third-order valence-electron chi connectivity index (χ3n) is 3.87. The highest BCUT2D eigenvalue weighted by molar-refractivity contribution is 7.07. The van der Waals surface area contributed by atoms with Crippen molar-refractivity contribution >= 4 is 23.2 Å². The van der Waals surface area contributed by atoms with Crippen LogP contribution >= 0.6 is 11.3 Å². The Bertz CT molecular complexity index is 831. The number of esters is 1. The van der Waals surface area contributed by atoms with E-state index in [0.717, 1.165) is 17.0 Å². The Labute approximate surface area is 154 Å². The molecule has 1 aromatic carbocycles. The lowest BCUT2D eigenvalue weighted by Crippen LogP contribution is -2.34. The smallest absolute Gasteiger partial charge is 0.308 e. The Morgan fingerprint density at radius 1 is 1.35 bits per heavy atom. The van der Waals surface area contributed by atoms with Crippen LogP contribution in [0.4, 0.5) is 4.39 Å². The molecule has 0 saturated heterocycles. The molecule has 1 amide bonds. The first-order valence-electron chi connectivity index (χ1n) is 8.23. The molecule has 1 aromatic heterocycles. The van der Waals surface area contributed by atoms with Crippen molar-refractivity contribution in [1.29, 1.82) is 0 Å². The lowest BCUT2D eigenvalue weighted by Gasteiger charge is -2.21. The minimum absolute atomic E-state index is 0.0147. The van der Waals surface area contributed by atoms with Gasteiger partial charge in [-0.25, -0.2) is 4.39 Å². The van der Waals surface area contributed by atoms with Gasteiger partial charge in [-0.1, -0.05) is 23.5 Å². The zero-order chi connectivity index (χ0) is 19.1. The first-order chi connectivity index (χ1) is 12.4. The van der Waals surface area contributed by atoms with E-state index in [-0.39, 0.29) is 42.7 Å². The van der Waals surface area contributed by atoms with Gasteiger partial charge >= 0.3 is 10.8 Å². The zero-order valence-corrected chi connectivity index (χ0v) is 15.6. The number of hydrogen-bond donors (Lipinski definition) is 0. The summed E-state index contributed by atoms with van der Waals surface area (Å²) in [5.74, 6) is -1.26. The molecule has 0 bridgehead atoms. The number of carbonyl (C=O) groups excluding carboxylic acids is 2. The average molecular weight is 380 g/mol. The normalized spacial score (nSPS) is 10.6. The van der Waals surface area contributed by atoms with E-state index in [1.54, 1.807) is 31.4 Å². The van der Waals surface area contributed by atoms with Gasteiger partial charge in [0, 0.05) is 30.7 Å². The van der Waals surface area contributed by atoms with Crippen LogP contribution in [0.5, 0.6) is 0 Å². The lowest BCUT2D eigenvalue weighted by molar-refractivity contribution is -0.152. The molecule has 0 aliphatic heterocycles. The second kappa shape index (κ2) is 9.28. The van der Waals surface area contributed by atoms with E-state index in [4.69, 9.17) is 4.74 Å². The average Bonchev–Trinajstić information content (AvgIpc) is 2.93. The number of aromatic nitrogens is 1. The van der Waals surface area contributed by atoms with Crippen LogP contribution in [-0.4, -0.2) is 34.5 Å². The van der Waals surface area contributed by atoms with Gasteiger partial charge in [-0.2, -0.15) is 0 Å². The molecule has 2 rings (SSSR count). The Morgan fingerprint density at radius 2 is 2.12 bits per heavy atom. The van der Waals surface area contributed by atoms with Crippen molar-refractivity contribution in [2.75, 3.05) is 13.2 Å². The van der Waals surface area contributed by atoms with Gasteiger partial charge in [0.25, 0.3) is 5.91 Å². The van der Waals surface area contributed by atoms with E-state index in [0.29, 0.717) is 12.1 Å². The first-order valence-corrected chi connectivity index (χ1v) is 9.11. The van der Waals surface area contributed by atoms with Gasteiger partial charge in [0.2, 0.25) is 0 Å². The van der Waals surface area contributed by atoms with Crippen LogP contribution in [0, 0.1) is 12.7 Å². The molecular formula is C18H21FN2O4S. The Kier molecular flexibility index (Phi) is 7.08. The third-order valence-corrected chi connectivity index (χ3v) is 4.75. The van der Waals surface area contributed by atoms with Crippen LogP contribution in [-0.2, 0) is 27.4 Å². The number of carbonyl (C=O) groups is 2. The summed E-state index contributed by atoms with van der Waals surface area (Å²) in [4.78, 5) is 37.0. The number of hydrogen-bond acceptors (Lipinski definition) is 5. The van der Waals surface area contributed by atoms with Gasteiger partial charge in [0.05, 0.1) is 6.42 Å². The number of ether oxygens (including phenoxy) is 1. The molecule has 0 atom stereocenters. The molecule has 26 heavy (non-hydrogen) atoms. The SMILES string of the molecule is CCN(Cc1cccc(F)c1)C(=O)COC(=O)CCn1c(C)csc1=O. The molecule has 140 valence electrons. The maximum absolute atomic E-state index is 13.2. The molecule has 2 aromatic rings. The van der Waals surface area contributed by atoms with Crippen LogP contribution in [0.15, 0.2) is 34.4 Å². The largest absolute Gasteiger partial charge is 0.456 e. The maximum Gasteiger partial charge on any atom is 0.308 e. The van der Waals surface area contributed by atoms with Crippen molar-refractivity contribution in [3.63, 3.8) is 0 Å². The quantitative estimate of drug-likeness (QED) is 0.659. The van der Waals surface area contributed by atoms with Crippen molar-refractivity contribution in [3.05, 3.63) is 56.4 Å². The van der Waals surface area contributed by atoms with Crippen LogP contribution < -0.4 is 4.87 Å². The molecule has 0 fully saturated rings. The van der Waals surface area contributed by atoms with Crippen molar-refractivity contribution in [1.82, 2.24) is 9.47 Å². The van der Waals surface area contributed by atoms with Crippen LogP contribution in [0.1, 0.15) is 24.6 Å². The Hall–Kier alpha value is -2.48. The van der Waals surface area contributed by atoms with E-state index < -0.39 is 5.97 Å². The predicted molar refractivity (Wildman–Crippen MR) is 96.4 cm³/mol. The van der Waals surface area contributed by atoms with Crippen molar-refractivity contribution < 1.29 is 18.7 Å². The number of likely N-dealkylation sites (N-methyl/N-ethyl adjacent to an activating group) is 1. The van der Waals surface area contributed by atoms with Crippen molar-refractivity contribution in [3.8, 4) is 0 Å². The van der Waals surface area contributed by atoms with Gasteiger partial charge in [-0.05, 0) is 31.5 Å². The summed E-state index contributed by atoms with van der Waals surface area (Å²) in [7, 11) is 0. The molecular weight excluding hydrogens is 359 g/mol. The van der Waals surface area contributed by atoms with E-state index in [1.165, 1.54) is 21.6 Å². The van der Waals surface area contributed by atoms with Gasteiger partial charge in [-0.3, -0.25) is 14.4 Å². The Balaban J connectivity index is 1.82. The topological polar surface area (TPSA) is 68.6 Å².